The van der Waals surface area contributed by atoms with E-state index in [9.17, 15) is 0 Å². The van der Waals surface area contributed by atoms with Gasteiger partial charge in [-0.15, -0.1) is 0 Å². The second kappa shape index (κ2) is 3.89. The molecular weight excluding hydrogens is 184 g/mol. The maximum Gasteiger partial charge on any atom is 0.111 e. The molecule has 0 atom stereocenters. The number of aromatic amines is 1. The molecule has 1 aromatic heterocycles. The van der Waals surface area contributed by atoms with Crippen LogP contribution in [-0.2, 0) is 6.42 Å². The van der Waals surface area contributed by atoms with Gasteiger partial charge in [0.1, 0.15) is 5.82 Å². The van der Waals surface area contributed by atoms with Crippen molar-refractivity contribution in [3.63, 3.8) is 0 Å². The van der Waals surface area contributed by atoms with Gasteiger partial charge in [-0.05, 0) is 38.5 Å². The second-order valence-electron chi connectivity index (χ2n) is 4.19. The lowest BCUT2D eigenvalue weighted by molar-refractivity contribution is 1.06. The van der Waals surface area contributed by atoms with Crippen molar-refractivity contribution in [3.8, 4) is 0 Å². The van der Waals surface area contributed by atoms with Gasteiger partial charge in [0.05, 0.1) is 11.0 Å². The Morgan fingerprint density at radius 2 is 2.20 bits per heavy atom. The van der Waals surface area contributed by atoms with Gasteiger partial charge >= 0.3 is 0 Å². The van der Waals surface area contributed by atoms with Gasteiger partial charge in [-0.1, -0.05) is 17.7 Å². The van der Waals surface area contributed by atoms with E-state index in [0.29, 0.717) is 0 Å². The third-order valence-corrected chi connectivity index (χ3v) is 2.39. The van der Waals surface area contributed by atoms with Crippen LogP contribution in [0.15, 0.2) is 29.8 Å². The first-order valence-corrected chi connectivity index (χ1v) is 5.24. The van der Waals surface area contributed by atoms with Crippen molar-refractivity contribution < 1.29 is 0 Å². The van der Waals surface area contributed by atoms with E-state index in [4.69, 9.17) is 0 Å². The molecule has 15 heavy (non-hydrogen) atoms. The molecule has 0 saturated heterocycles. The molecule has 0 amide bonds. The van der Waals surface area contributed by atoms with Crippen LogP contribution in [0.1, 0.15) is 25.2 Å². The molecule has 0 aliphatic carbocycles. The monoisotopic (exact) mass is 200 g/mol. The minimum atomic E-state index is 0.885. The first kappa shape index (κ1) is 9.97. The molecule has 1 N–H and O–H groups in total. The fraction of sp³-hybridized carbons (Fsp3) is 0.308. The molecule has 2 aromatic rings. The van der Waals surface area contributed by atoms with Crippen molar-refractivity contribution in [2.75, 3.05) is 0 Å². The van der Waals surface area contributed by atoms with E-state index < -0.39 is 0 Å². The normalized spacial score (nSPS) is 10.6. The highest BCUT2D eigenvalue weighted by Gasteiger charge is 2.00. The number of rotatable bonds is 2. The Kier molecular flexibility index (Phi) is 2.58. The molecule has 2 rings (SSSR count). The van der Waals surface area contributed by atoms with Gasteiger partial charge in [0.15, 0.2) is 0 Å². The molecular formula is C13H16N2. The fourth-order valence-electron chi connectivity index (χ4n) is 1.57. The number of hydrogen-bond acceptors (Lipinski definition) is 1. The van der Waals surface area contributed by atoms with Crippen LogP contribution in [0.2, 0.25) is 0 Å². The third-order valence-electron chi connectivity index (χ3n) is 2.39. The van der Waals surface area contributed by atoms with E-state index in [1.165, 1.54) is 11.1 Å². The average Bonchev–Trinajstić information content (AvgIpc) is 2.56. The minimum absolute atomic E-state index is 0.885. The maximum atomic E-state index is 4.53. The number of aromatic nitrogens is 2. The van der Waals surface area contributed by atoms with Gasteiger partial charge in [0.2, 0.25) is 0 Å². The molecule has 0 aliphatic rings. The number of allylic oxidation sites excluding steroid dienone is 2. The number of nitrogens with one attached hydrogen (secondary N) is 1. The van der Waals surface area contributed by atoms with E-state index >= 15 is 0 Å². The number of H-pyrrole nitrogens is 1. The third kappa shape index (κ3) is 2.27. The summed E-state index contributed by atoms with van der Waals surface area (Å²) in [5.41, 5.74) is 4.77. The molecule has 0 unspecified atom stereocenters. The van der Waals surface area contributed by atoms with Crippen molar-refractivity contribution in [2.24, 2.45) is 0 Å². The summed E-state index contributed by atoms with van der Waals surface area (Å²) in [6.07, 6.45) is 3.07. The SMILES string of the molecule is CC(C)=CCc1nc2ccc(C)cc2[nH]1. The van der Waals surface area contributed by atoms with Crippen LogP contribution < -0.4 is 0 Å². The smallest absolute Gasteiger partial charge is 0.111 e. The molecule has 0 saturated carbocycles. The van der Waals surface area contributed by atoms with Gasteiger partial charge in [0.25, 0.3) is 0 Å². The Hall–Kier alpha value is -1.57. The van der Waals surface area contributed by atoms with Crippen molar-refractivity contribution in [1.82, 2.24) is 9.97 Å². The van der Waals surface area contributed by atoms with E-state index in [1.807, 2.05) is 0 Å². The molecule has 0 aliphatic heterocycles. The maximum absolute atomic E-state index is 4.53. The number of fused-ring (bicyclic) bond motifs is 1. The molecule has 2 heteroatoms. The molecule has 0 spiro atoms. The number of hydrogen-bond donors (Lipinski definition) is 1. The molecule has 0 fully saturated rings. The Bertz CT molecular complexity index is 502. The van der Waals surface area contributed by atoms with Crippen LogP contribution in [-0.4, -0.2) is 9.97 Å². The topological polar surface area (TPSA) is 28.7 Å². The van der Waals surface area contributed by atoms with Crippen LogP contribution >= 0.6 is 0 Å². The fourth-order valence-corrected chi connectivity index (χ4v) is 1.57. The zero-order chi connectivity index (χ0) is 10.8. The molecule has 1 heterocycles. The summed E-state index contributed by atoms with van der Waals surface area (Å²) in [5, 5.41) is 0. The van der Waals surface area contributed by atoms with Crippen molar-refractivity contribution in [3.05, 3.63) is 41.2 Å². The van der Waals surface area contributed by atoms with Gasteiger partial charge in [-0.3, -0.25) is 0 Å². The predicted molar refractivity (Wildman–Crippen MR) is 64.0 cm³/mol. The lowest BCUT2D eigenvalue weighted by Crippen LogP contribution is -1.83. The lowest BCUT2D eigenvalue weighted by atomic mass is 10.2. The molecule has 2 nitrogen and oxygen atoms in total. The zero-order valence-corrected chi connectivity index (χ0v) is 9.46. The molecule has 0 bridgehead atoms. The number of nitrogens with zero attached hydrogens (tertiary/aromatic N) is 1. The van der Waals surface area contributed by atoms with Crippen LogP contribution in [0.4, 0.5) is 0 Å². The zero-order valence-electron chi connectivity index (χ0n) is 9.46. The molecule has 1 aromatic carbocycles. The standard InChI is InChI=1S/C13H16N2/c1-9(2)4-7-13-14-11-6-5-10(3)8-12(11)15-13/h4-6,8H,7H2,1-3H3,(H,14,15). The van der Waals surface area contributed by atoms with Gasteiger partial charge < -0.3 is 4.98 Å². The van der Waals surface area contributed by atoms with E-state index in [1.54, 1.807) is 0 Å². The Balaban J connectivity index is 2.35. The highest BCUT2D eigenvalue weighted by Crippen LogP contribution is 2.13. The van der Waals surface area contributed by atoms with Crippen LogP contribution in [0.5, 0.6) is 0 Å². The second-order valence-corrected chi connectivity index (χ2v) is 4.19. The van der Waals surface area contributed by atoms with Gasteiger partial charge in [0, 0.05) is 6.42 Å². The van der Waals surface area contributed by atoms with Crippen molar-refractivity contribution in [2.45, 2.75) is 27.2 Å². The largest absolute Gasteiger partial charge is 0.342 e. The number of aryl methyl sites for hydroxylation is 1. The number of benzene rings is 1. The first-order valence-electron chi connectivity index (χ1n) is 5.24. The summed E-state index contributed by atoms with van der Waals surface area (Å²) in [4.78, 5) is 7.86. The molecule has 0 radical (unpaired) electrons. The average molecular weight is 200 g/mol. The summed E-state index contributed by atoms with van der Waals surface area (Å²) >= 11 is 0. The lowest BCUT2D eigenvalue weighted by Gasteiger charge is -1.90. The summed E-state index contributed by atoms with van der Waals surface area (Å²) in [7, 11) is 0. The Morgan fingerprint density at radius 1 is 1.40 bits per heavy atom. The highest BCUT2D eigenvalue weighted by atomic mass is 14.9. The van der Waals surface area contributed by atoms with E-state index in [-0.39, 0.29) is 0 Å². The van der Waals surface area contributed by atoms with Crippen LogP contribution in [0, 0.1) is 6.92 Å². The minimum Gasteiger partial charge on any atom is -0.342 e. The summed E-state index contributed by atoms with van der Waals surface area (Å²) in [6.45, 7) is 6.30. The van der Waals surface area contributed by atoms with Gasteiger partial charge in [-0.25, -0.2) is 4.98 Å². The van der Waals surface area contributed by atoms with E-state index in [2.05, 4.69) is 55.0 Å². The van der Waals surface area contributed by atoms with Crippen LogP contribution in [0.3, 0.4) is 0 Å². The number of imidazole rings is 1. The van der Waals surface area contributed by atoms with Crippen molar-refractivity contribution >= 4 is 11.0 Å². The van der Waals surface area contributed by atoms with Gasteiger partial charge in [-0.2, -0.15) is 0 Å². The highest BCUT2D eigenvalue weighted by molar-refractivity contribution is 5.75. The van der Waals surface area contributed by atoms with Crippen molar-refractivity contribution in [1.29, 1.82) is 0 Å². The quantitative estimate of drug-likeness (QED) is 0.740. The summed E-state index contributed by atoms with van der Waals surface area (Å²) in [5.74, 6) is 1.04. The summed E-state index contributed by atoms with van der Waals surface area (Å²) in [6, 6.07) is 6.29. The summed E-state index contributed by atoms with van der Waals surface area (Å²) < 4.78 is 0. The predicted octanol–water partition coefficient (Wildman–Crippen LogP) is 3.38. The molecule has 78 valence electrons. The Labute approximate surface area is 90.0 Å². The van der Waals surface area contributed by atoms with E-state index in [0.717, 1.165) is 23.3 Å². The first-order chi connectivity index (χ1) is 7.15. The Morgan fingerprint density at radius 3 is 2.93 bits per heavy atom. The van der Waals surface area contributed by atoms with Crippen LogP contribution in [0.25, 0.3) is 11.0 Å².